The number of amides is 2. The quantitative estimate of drug-likeness (QED) is 0.251. The fourth-order valence-corrected chi connectivity index (χ4v) is 3.92. The van der Waals surface area contributed by atoms with Gasteiger partial charge in [0, 0.05) is 34.9 Å². The number of aryl methyl sites for hydroxylation is 3. The van der Waals surface area contributed by atoms with E-state index in [-0.39, 0.29) is 5.91 Å². The van der Waals surface area contributed by atoms with Crippen molar-refractivity contribution in [3.8, 4) is 0 Å². The van der Waals surface area contributed by atoms with Crippen LogP contribution in [0.3, 0.4) is 0 Å². The zero-order chi connectivity index (χ0) is 23.6. The number of thiazole rings is 1. The summed E-state index contributed by atoms with van der Waals surface area (Å²) in [4.78, 5) is 31.3. The van der Waals surface area contributed by atoms with Gasteiger partial charge in [-0.3, -0.25) is 9.59 Å². The van der Waals surface area contributed by atoms with Crippen LogP contribution in [0.15, 0.2) is 71.5 Å². The monoisotopic (exact) mass is 480 g/mol. The molecule has 0 saturated carbocycles. The Balaban J connectivity index is 0.000000186. The molecule has 2 heterocycles. The van der Waals surface area contributed by atoms with Crippen LogP contribution in [0.25, 0.3) is 0 Å². The summed E-state index contributed by atoms with van der Waals surface area (Å²) in [5.74, 6) is -0.140. The van der Waals surface area contributed by atoms with Crippen molar-refractivity contribution < 1.29 is 9.59 Å². The number of carbonyl (C=O) groups excluding carboxylic acids is 2. The molecule has 0 fully saturated rings. The van der Waals surface area contributed by atoms with Crippen LogP contribution >= 0.6 is 23.3 Å². The van der Waals surface area contributed by atoms with Gasteiger partial charge in [-0.15, -0.1) is 11.3 Å². The number of nitrogens with zero attached hydrogens (tertiary/aromatic N) is 3. The minimum atomic E-state index is -0.140. The van der Waals surface area contributed by atoms with Crippen LogP contribution in [0.1, 0.15) is 21.6 Å². The van der Waals surface area contributed by atoms with E-state index in [9.17, 15) is 9.59 Å². The lowest BCUT2D eigenvalue weighted by molar-refractivity contribution is -0.105. The Kier molecular flexibility index (Phi) is 8.62. The maximum atomic E-state index is 12.0. The first-order valence-corrected chi connectivity index (χ1v) is 11.6. The Labute approximate surface area is 200 Å². The van der Waals surface area contributed by atoms with E-state index in [1.165, 1.54) is 11.9 Å². The Morgan fingerprint density at radius 3 is 2.58 bits per heavy atom. The number of aromatic nitrogens is 3. The van der Waals surface area contributed by atoms with Gasteiger partial charge in [0.2, 0.25) is 6.41 Å². The standard InChI is InChI=1S/C13H15N3O.C10H9N3OS2/c1-9-4-5-10(2)11(6-9)15-13(17)12-7-14-8-16(12)3;14-7-12-8-1-3-9(4-2-8)16-13-10-11-5-6-15-10/h4-8H,1-3H3,(H,15,17);1-7H,(H,11,13)(H,12,14). The van der Waals surface area contributed by atoms with E-state index in [1.54, 1.807) is 41.7 Å². The van der Waals surface area contributed by atoms with E-state index in [4.69, 9.17) is 0 Å². The second-order valence-corrected chi connectivity index (χ2v) is 8.76. The molecule has 0 unspecified atom stereocenters. The molecular formula is C23H24N6O2S2. The highest BCUT2D eigenvalue weighted by Gasteiger charge is 2.11. The van der Waals surface area contributed by atoms with Crippen molar-refractivity contribution in [1.29, 1.82) is 0 Å². The van der Waals surface area contributed by atoms with Gasteiger partial charge in [-0.05, 0) is 67.3 Å². The predicted octanol–water partition coefficient (Wildman–Crippen LogP) is 5.12. The molecule has 0 aliphatic heterocycles. The number of rotatable bonds is 7. The molecule has 0 spiro atoms. The molecule has 170 valence electrons. The SMILES string of the molecule is Cc1ccc(C)c(NC(=O)c2cncn2C)c1.O=CNc1ccc(SNc2nccs2)cc1. The highest BCUT2D eigenvalue weighted by Crippen LogP contribution is 2.23. The molecular weight excluding hydrogens is 456 g/mol. The van der Waals surface area contributed by atoms with Crippen molar-refractivity contribution in [1.82, 2.24) is 14.5 Å². The lowest BCUT2D eigenvalue weighted by atomic mass is 10.1. The summed E-state index contributed by atoms with van der Waals surface area (Å²) in [6, 6.07) is 13.5. The van der Waals surface area contributed by atoms with Gasteiger partial charge < -0.3 is 19.9 Å². The average molecular weight is 481 g/mol. The topological polar surface area (TPSA) is 101 Å². The van der Waals surface area contributed by atoms with E-state index in [0.717, 1.165) is 32.5 Å². The lowest BCUT2D eigenvalue weighted by Gasteiger charge is -2.09. The van der Waals surface area contributed by atoms with Crippen LogP contribution in [-0.2, 0) is 11.8 Å². The van der Waals surface area contributed by atoms with Gasteiger partial charge in [-0.25, -0.2) is 9.97 Å². The second-order valence-electron chi connectivity index (χ2n) is 6.99. The van der Waals surface area contributed by atoms with Crippen molar-refractivity contribution >= 4 is 52.1 Å². The summed E-state index contributed by atoms with van der Waals surface area (Å²) < 4.78 is 4.82. The number of carbonyl (C=O) groups is 2. The Hall–Kier alpha value is -3.63. The first kappa shape index (κ1) is 24.0. The fourth-order valence-electron chi connectivity index (χ4n) is 2.70. The Bertz CT molecular complexity index is 1190. The molecule has 0 bridgehead atoms. The minimum absolute atomic E-state index is 0.140. The van der Waals surface area contributed by atoms with Crippen molar-refractivity contribution in [2.45, 2.75) is 18.7 Å². The predicted molar refractivity (Wildman–Crippen MR) is 135 cm³/mol. The van der Waals surface area contributed by atoms with Crippen LogP contribution in [0.4, 0.5) is 16.5 Å². The van der Waals surface area contributed by atoms with Crippen LogP contribution in [0.5, 0.6) is 0 Å². The number of imidazole rings is 1. The zero-order valence-electron chi connectivity index (χ0n) is 18.4. The molecule has 3 N–H and O–H groups in total. The van der Waals surface area contributed by atoms with E-state index in [0.29, 0.717) is 12.1 Å². The number of hydrogen-bond donors (Lipinski definition) is 3. The number of benzene rings is 2. The van der Waals surface area contributed by atoms with E-state index < -0.39 is 0 Å². The first-order chi connectivity index (χ1) is 16.0. The summed E-state index contributed by atoms with van der Waals surface area (Å²) in [6.45, 7) is 3.97. The second kappa shape index (κ2) is 11.8. The van der Waals surface area contributed by atoms with Gasteiger partial charge in [0.1, 0.15) is 5.69 Å². The maximum Gasteiger partial charge on any atom is 0.273 e. The van der Waals surface area contributed by atoms with Crippen LogP contribution < -0.4 is 15.4 Å². The smallest absolute Gasteiger partial charge is 0.273 e. The largest absolute Gasteiger partial charge is 0.330 e. The summed E-state index contributed by atoms with van der Waals surface area (Å²) in [5, 5.41) is 8.27. The number of hydrogen-bond acceptors (Lipinski definition) is 7. The molecule has 0 radical (unpaired) electrons. The van der Waals surface area contributed by atoms with Crippen LogP contribution in [0.2, 0.25) is 0 Å². The summed E-state index contributed by atoms with van der Waals surface area (Å²) in [7, 11) is 1.80. The lowest BCUT2D eigenvalue weighted by Crippen LogP contribution is -2.16. The first-order valence-electron chi connectivity index (χ1n) is 9.94. The van der Waals surface area contributed by atoms with Crippen LogP contribution in [-0.4, -0.2) is 26.9 Å². The molecule has 2 aromatic heterocycles. The zero-order valence-corrected chi connectivity index (χ0v) is 20.0. The van der Waals surface area contributed by atoms with Gasteiger partial charge in [-0.2, -0.15) is 0 Å². The fraction of sp³-hybridized carbons (Fsp3) is 0.130. The minimum Gasteiger partial charge on any atom is -0.330 e. The number of nitrogens with one attached hydrogen (secondary N) is 3. The van der Waals surface area contributed by atoms with E-state index in [1.807, 2.05) is 61.7 Å². The molecule has 0 saturated heterocycles. The molecule has 0 aliphatic rings. The molecule has 2 aromatic carbocycles. The van der Waals surface area contributed by atoms with Gasteiger partial charge >= 0.3 is 0 Å². The summed E-state index contributed by atoms with van der Waals surface area (Å²) in [5.41, 5.74) is 4.35. The molecule has 33 heavy (non-hydrogen) atoms. The highest BCUT2D eigenvalue weighted by atomic mass is 32.2. The number of anilines is 3. The van der Waals surface area contributed by atoms with Gasteiger partial charge in [0.25, 0.3) is 5.91 Å². The Morgan fingerprint density at radius 1 is 1.15 bits per heavy atom. The molecule has 0 aliphatic carbocycles. The van der Waals surface area contributed by atoms with Crippen molar-refractivity contribution in [2.75, 3.05) is 15.4 Å². The van der Waals surface area contributed by atoms with Crippen molar-refractivity contribution in [3.63, 3.8) is 0 Å². The van der Waals surface area contributed by atoms with Crippen molar-refractivity contribution in [3.05, 3.63) is 83.4 Å². The van der Waals surface area contributed by atoms with E-state index in [2.05, 4.69) is 25.3 Å². The van der Waals surface area contributed by atoms with Crippen LogP contribution in [0, 0.1) is 13.8 Å². The molecule has 10 heteroatoms. The third-order valence-corrected chi connectivity index (χ3v) is 6.08. The van der Waals surface area contributed by atoms with Crippen molar-refractivity contribution in [2.24, 2.45) is 7.05 Å². The molecule has 4 aromatic rings. The van der Waals surface area contributed by atoms with E-state index >= 15 is 0 Å². The van der Waals surface area contributed by atoms with Gasteiger partial charge in [-0.1, -0.05) is 12.1 Å². The third-order valence-electron chi connectivity index (χ3n) is 4.46. The normalized spacial score (nSPS) is 10.0. The molecule has 4 rings (SSSR count). The summed E-state index contributed by atoms with van der Waals surface area (Å²) >= 11 is 3.04. The third kappa shape index (κ3) is 7.19. The Morgan fingerprint density at radius 2 is 1.94 bits per heavy atom. The summed E-state index contributed by atoms with van der Waals surface area (Å²) in [6.07, 6.45) is 5.58. The van der Waals surface area contributed by atoms with Gasteiger partial charge in [0.05, 0.1) is 12.5 Å². The van der Waals surface area contributed by atoms with Gasteiger partial charge in [0.15, 0.2) is 5.13 Å². The maximum absolute atomic E-state index is 12.0. The molecule has 8 nitrogen and oxygen atoms in total. The molecule has 2 amide bonds. The highest BCUT2D eigenvalue weighted by molar-refractivity contribution is 8.00. The average Bonchev–Trinajstić information content (AvgIpc) is 3.48. The molecule has 0 atom stereocenters.